The van der Waals surface area contributed by atoms with Gasteiger partial charge in [-0.15, -0.1) is 0 Å². The number of hydrogen-bond acceptors (Lipinski definition) is 3. The maximum absolute atomic E-state index is 12.8. The Balaban J connectivity index is 1.77. The van der Waals surface area contributed by atoms with Crippen LogP contribution in [-0.4, -0.2) is 49.4 Å². The molecule has 0 unspecified atom stereocenters. The highest BCUT2D eigenvalue weighted by atomic mass is 16.2. The van der Waals surface area contributed by atoms with E-state index in [1.165, 1.54) is 5.56 Å². The number of amides is 2. The van der Waals surface area contributed by atoms with Crippen LogP contribution in [0.4, 0.5) is 5.69 Å². The molecule has 0 aromatic heterocycles. The summed E-state index contributed by atoms with van der Waals surface area (Å²) in [6, 6.07) is 4.45. The fourth-order valence-corrected chi connectivity index (χ4v) is 4.13. The van der Waals surface area contributed by atoms with Crippen LogP contribution in [0.3, 0.4) is 0 Å². The number of likely N-dealkylation sites (N-methyl/N-ethyl adjacent to an activating group) is 1. The maximum atomic E-state index is 12.8. The molecule has 0 radical (unpaired) electrons. The molecule has 1 N–H and O–H groups in total. The first-order chi connectivity index (χ1) is 11.4. The summed E-state index contributed by atoms with van der Waals surface area (Å²) in [7, 11) is 1.87. The van der Waals surface area contributed by atoms with Crippen molar-refractivity contribution >= 4 is 17.5 Å². The number of nitrogens with zero attached hydrogens (tertiary/aromatic N) is 2. The Hall–Kier alpha value is -1.88. The summed E-state index contributed by atoms with van der Waals surface area (Å²) in [4.78, 5) is 29.0. The van der Waals surface area contributed by atoms with E-state index in [0.717, 1.165) is 36.3 Å². The topological polar surface area (TPSA) is 52.7 Å². The molecule has 2 atom stereocenters. The molecule has 1 aromatic rings. The summed E-state index contributed by atoms with van der Waals surface area (Å²) in [5.74, 6) is -0.0773. The van der Waals surface area contributed by atoms with Crippen molar-refractivity contribution in [3.8, 4) is 0 Å². The predicted molar refractivity (Wildman–Crippen MR) is 95.2 cm³/mol. The number of nitrogens with one attached hydrogen (secondary N) is 1. The van der Waals surface area contributed by atoms with E-state index in [1.807, 2.05) is 30.7 Å². The van der Waals surface area contributed by atoms with Gasteiger partial charge in [-0.3, -0.25) is 9.59 Å². The largest absolute Gasteiger partial charge is 0.341 e. The molecule has 5 heteroatoms. The maximum Gasteiger partial charge on any atom is 0.228 e. The van der Waals surface area contributed by atoms with Crippen molar-refractivity contribution in [1.82, 2.24) is 10.2 Å². The van der Waals surface area contributed by atoms with Crippen LogP contribution >= 0.6 is 0 Å². The molecule has 2 heterocycles. The first-order valence-corrected chi connectivity index (χ1v) is 8.74. The fourth-order valence-electron chi connectivity index (χ4n) is 4.13. The first-order valence-electron chi connectivity index (χ1n) is 8.74. The Morgan fingerprint density at radius 1 is 1.25 bits per heavy atom. The second-order valence-corrected chi connectivity index (χ2v) is 7.25. The Kier molecular flexibility index (Phi) is 4.63. The summed E-state index contributed by atoms with van der Waals surface area (Å²) >= 11 is 0. The standard InChI is InChI=1S/C19H27N3O2/c1-12-7-13(2)18(14(3)8-12)22-11-15(9-17(22)23)19(24)21(4)16-5-6-20-10-16/h7-8,15-16,20H,5-6,9-11H2,1-4H3/t15-,16-/m0/s1. The van der Waals surface area contributed by atoms with Gasteiger partial charge in [0.15, 0.2) is 0 Å². The Labute approximate surface area is 144 Å². The normalized spacial score (nSPS) is 23.8. The van der Waals surface area contributed by atoms with Gasteiger partial charge in [0.05, 0.1) is 5.92 Å². The van der Waals surface area contributed by atoms with Gasteiger partial charge in [-0.25, -0.2) is 0 Å². The molecule has 0 aliphatic carbocycles. The molecule has 0 saturated carbocycles. The average Bonchev–Trinajstić information content (AvgIpc) is 3.15. The van der Waals surface area contributed by atoms with E-state index >= 15 is 0 Å². The number of carbonyl (C=O) groups excluding carboxylic acids is 2. The highest BCUT2D eigenvalue weighted by Crippen LogP contribution is 2.32. The average molecular weight is 329 g/mol. The van der Waals surface area contributed by atoms with Gasteiger partial charge in [-0.2, -0.15) is 0 Å². The quantitative estimate of drug-likeness (QED) is 0.920. The van der Waals surface area contributed by atoms with Crippen molar-refractivity contribution < 1.29 is 9.59 Å². The molecule has 5 nitrogen and oxygen atoms in total. The summed E-state index contributed by atoms with van der Waals surface area (Å²) in [5.41, 5.74) is 4.37. The van der Waals surface area contributed by atoms with Crippen molar-refractivity contribution in [2.75, 3.05) is 31.6 Å². The highest BCUT2D eigenvalue weighted by Gasteiger charge is 2.39. The zero-order chi connectivity index (χ0) is 17.4. The van der Waals surface area contributed by atoms with E-state index in [1.54, 1.807) is 0 Å². The molecule has 2 aliphatic heterocycles. The molecule has 130 valence electrons. The molecule has 1 aromatic carbocycles. The molecule has 0 bridgehead atoms. The van der Waals surface area contributed by atoms with Crippen molar-refractivity contribution in [2.45, 2.75) is 39.7 Å². The number of hydrogen-bond donors (Lipinski definition) is 1. The molecule has 3 rings (SSSR count). The van der Waals surface area contributed by atoms with Crippen LogP contribution in [0.15, 0.2) is 12.1 Å². The SMILES string of the molecule is Cc1cc(C)c(N2C[C@@H](C(=O)N(C)[C@H]3CCNC3)CC2=O)c(C)c1. The lowest BCUT2D eigenvalue weighted by atomic mass is 10.0. The zero-order valence-electron chi connectivity index (χ0n) is 15.1. The fraction of sp³-hybridized carbons (Fsp3) is 0.579. The molecule has 2 saturated heterocycles. The van der Waals surface area contributed by atoms with E-state index in [-0.39, 0.29) is 23.8 Å². The van der Waals surface area contributed by atoms with Gasteiger partial charge in [0, 0.05) is 38.3 Å². The van der Waals surface area contributed by atoms with Crippen molar-refractivity contribution in [3.05, 3.63) is 28.8 Å². The third-order valence-electron chi connectivity index (χ3n) is 5.31. The lowest BCUT2D eigenvalue weighted by molar-refractivity contribution is -0.136. The molecular formula is C19H27N3O2. The van der Waals surface area contributed by atoms with Gasteiger partial charge in [-0.1, -0.05) is 17.7 Å². The van der Waals surface area contributed by atoms with Crippen LogP contribution in [0.1, 0.15) is 29.5 Å². The van der Waals surface area contributed by atoms with Gasteiger partial charge in [0.25, 0.3) is 0 Å². The Bertz CT molecular complexity index is 642. The van der Waals surface area contributed by atoms with Gasteiger partial charge >= 0.3 is 0 Å². The molecule has 2 fully saturated rings. The summed E-state index contributed by atoms with van der Waals surface area (Å²) in [6.45, 7) is 8.43. The number of benzene rings is 1. The second kappa shape index (κ2) is 6.55. The molecule has 2 amide bonds. The monoisotopic (exact) mass is 329 g/mol. The van der Waals surface area contributed by atoms with Crippen LogP contribution in [0, 0.1) is 26.7 Å². The number of anilines is 1. The van der Waals surface area contributed by atoms with Crippen molar-refractivity contribution in [3.63, 3.8) is 0 Å². The van der Waals surface area contributed by atoms with Crippen LogP contribution in [0.25, 0.3) is 0 Å². The third-order valence-corrected chi connectivity index (χ3v) is 5.31. The van der Waals surface area contributed by atoms with Crippen molar-refractivity contribution in [1.29, 1.82) is 0 Å². The summed E-state index contributed by atoms with van der Waals surface area (Å²) in [5, 5.41) is 3.29. The predicted octanol–water partition coefficient (Wildman–Crippen LogP) is 1.79. The molecule has 24 heavy (non-hydrogen) atoms. The smallest absolute Gasteiger partial charge is 0.228 e. The van der Waals surface area contributed by atoms with E-state index in [9.17, 15) is 9.59 Å². The van der Waals surface area contributed by atoms with Crippen LogP contribution in [0.5, 0.6) is 0 Å². The Morgan fingerprint density at radius 3 is 2.50 bits per heavy atom. The van der Waals surface area contributed by atoms with Gasteiger partial charge < -0.3 is 15.1 Å². The summed E-state index contributed by atoms with van der Waals surface area (Å²) < 4.78 is 0. The minimum Gasteiger partial charge on any atom is -0.341 e. The van der Waals surface area contributed by atoms with E-state index in [0.29, 0.717) is 13.0 Å². The third kappa shape index (κ3) is 3.05. The highest BCUT2D eigenvalue weighted by molar-refractivity contribution is 6.01. The Morgan fingerprint density at radius 2 is 1.92 bits per heavy atom. The van der Waals surface area contributed by atoms with Crippen molar-refractivity contribution in [2.24, 2.45) is 5.92 Å². The number of carbonyl (C=O) groups is 2. The van der Waals surface area contributed by atoms with Crippen LogP contribution in [-0.2, 0) is 9.59 Å². The number of aryl methyl sites for hydroxylation is 3. The van der Waals surface area contributed by atoms with Crippen LogP contribution < -0.4 is 10.2 Å². The summed E-state index contributed by atoms with van der Waals surface area (Å²) in [6.07, 6.45) is 1.30. The van der Waals surface area contributed by atoms with E-state index in [2.05, 4.69) is 24.4 Å². The first kappa shape index (κ1) is 17.0. The molecule has 0 spiro atoms. The minimum absolute atomic E-state index is 0.0568. The van der Waals surface area contributed by atoms with E-state index < -0.39 is 0 Å². The van der Waals surface area contributed by atoms with Gasteiger partial charge in [0.1, 0.15) is 0 Å². The zero-order valence-corrected chi connectivity index (χ0v) is 15.1. The van der Waals surface area contributed by atoms with Gasteiger partial charge in [-0.05, 0) is 44.9 Å². The minimum atomic E-state index is -0.233. The lowest BCUT2D eigenvalue weighted by Crippen LogP contribution is -2.42. The van der Waals surface area contributed by atoms with Gasteiger partial charge in [0.2, 0.25) is 11.8 Å². The number of rotatable bonds is 3. The lowest BCUT2D eigenvalue weighted by Gasteiger charge is -2.27. The van der Waals surface area contributed by atoms with Crippen LogP contribution in [0.2, 0.25) is 0 Å². The second-order valence-electron chi connectivity index (χ2n) is 7.25. The molecule has 2 aliphatic rings. The molecular weight excluding hydrogens is 302 g/mol. The van der Waals surface area contributed by atoms with E-state index in [4.69, 9.17) is 0 Å².